The number of likely N-dealkylation sites (tertiary alicyclic amines) is 1. The van der Waals surface area contributed by atoms with Crippen molar-refractivity contribution in [3.63, 3.8) is 0 Å². The van der Waals surface area contributed by atoms with E-state index in [-0.39, 0.29) is 43.4 Å². The average Bonchev–Trinajstić information content (AvgIpc) is 3.99. The van der Waals surface area contributed by atoms with E-state index in [4.69, 9.17) is 21.6 Å². The number of carbonyl (C=O) groups is 6. The number of benzene rings is 2. The minimum Gasteiger partial charge on any atom is -0.356 e. The number of rotatable bonds is 15. The highest BCUT2D eigenvalue weighted by atomic mass is 35.5. The largest absolute Gasteiger partial charge is 0.356 e. The van der Waals surface area contributed by atoms with Gasteiger partial charge in [-0.25, -0.2) is 4.98 Å². The van der Waals surface area contributed by atoms with Gasteiger partial charge in [0.1, 0.15) is 22.9 Å². The third-order valence-corrected chi connectivity index (χ3v) is 15.3. The Morgan fingerprint density at radius 2 is 1.63 bits per heavy atom. The summed E-state index contributed by atoms with van der Waals surface area (Å²) in [7, 11) is 0. The maximum Gasteiger partial charge on any atom is 0.251 e. The first kappa shape index (κ1) is 44.4. The Bertz CT molecular complexity index is 2770. The minimum atomic E-state index is -0.954. The molecule has 1 unspecified atom stereocenters. The molecule has 5 aromatic rings. The Kier molecular flexibility index (Phi) is 12.4. The first-order valence-electron chi connectivity index (χ1n) is 22.1. The molecule has 19 heteroatoms. The zero-order valence-electron chi connectivity index (χ0n) is 36.4. The number of unbranched alkanes of at least 4 members (excludes halogenated alkanes) is 5. The summed E-state index contributed by atoms with van der Waals surface area (Å²) in [4.78, 5) is 90.8. The number of carbonyl (C=O) groups excluding carboxylic acids is 6. The quantitative estimate of drug-likeness (QED) is 0.0819. The molecule has 3 saturated heterocycles. The van der Waals surface area contributed by atoms with Crippen molar-refractivity contribution in [1.82, 2.24) is 40.6 Å². The van der Waals surface area contributed by atoms with E-state index >= 15 is 0 Å². The molecule has 0 bridgehead atoms. The van der Waals surface area contributed by atoms with E-state index in [1.54, 1.807) is 17.4 Å². The summed E-state index contributed by atoms with van der Waals surface area (Å²) in [6.07, 6.45) is 6.10. The number of aromatic nitrogens is 4. The van der Waals surface area contributed by atoms with Crippen molar-refractivity contribution in [1.29, 1.82) is 0 Å². The third kappa shape index (κ3) is 8.70. The van der Waals surface area contributed by atoms with E-state index in [9.17, 15) is 28.8 Å². The lowest BCUT2D eigenvalue weighted by Crippen LogP contribution is -2.62. The van der Waals surface area contributed by atoms with E-state index in [1.165, 1.54) is 16.2 Å². The van der Waals surface area contributed by atoms with Crippen LogP contribution in [0.25, 0.3) is 15.2 Å². The van der Waals surface area contributed by atoms with Crippen molar-refractivity contribution < 1.29 is 28.8 Å². The molecule has 7 heterocycles. The number of fused-ring (bicyclic) bond motifs is 4. The van der Waals surface area contributed by atoms with Crippen LogP contribution < -0.4 is 20.9 Å². The van der Waals surface area contributed by atoms with Crippen LogP contribution in [0.4, 0.5) is 5.13 Å². The summed E-state index contributed by atoms with van der Waals surface area (Å²) in [5.74, 6) is -0.611. The molecule has 338 valence electrons. The monoisotopic (exact) mass is 936 g/mol. The van der Waals surface area contributed by atoms with Gasteiger partial charge in [-0.15, -0.1) is 21.5 Å². The number of nitrogens with one attached hydrogen (secondary N) is 3. The van der Waals surface area contributed by atoms with Gasteiger partial charge in [0.05, 0.1) is 27.8 Å². The molecule has 3 aromatic heterocycles. The third-order valence-electron chi connectivity index (χ3n) is 12.8. The Balaban J connectivity index is 0.690. The molecule has 4 aliphatic heterocycles. The maximum absolute atomic E-state index is 13.4. The standard InChI is InChI=1S/C46H49ClN10O6S2/c1-25-26(2)64-43-38(25)39(28-10-13-30(47)14-11-28)50-32(40-54-53-27(3)56(40)43)21-36(59)48-18-8-6-4-5-7-9-19-49-41(61)29-12-15-31-34(20-29)65-45(51-31)55-23-46(24-55)22-37(60)57(44(46)63)33-16-17-35(58)52-42(33)62/h10-15,20,32-33H,4-9,16-19,21-24H2,1-3H3,(H,48,59)(H,49,61)(H,52,58,62)/t32-,33?/m0/s1. The summed E-state index contributed by atoms with van der Waals surface area (Å²) < 4.78 is 2.89. The summed E-state index contributed by atoms with van der Waals surface area (Å²) in [6, 6.07) is 11.6. The fourth-order valence-electron chi connectivity index (χ4n) is 9.19. The van der Waals surface area contributed by atoms with E-state index in [1.807, 2.05) is 52.8 Å². The number of thiophene rings is 1. The predicted molar refractivity (Wildman–Crippen MR) is 248 cm³/mol. The van der Waals surface area contributed by atoms with Crippen molar-refractivity contribution in [3.05, 3.63) is 86.3 Å². The summed E-state index contributed by atoms with van der Waals surface area (Å²) in [6.45, 7) is 7.87. The molecule has 9 rings (SSSR count). The van der Waals surface area contributed by atoms with Crippen LogP contribution >= 0.6 is 34.3 Å². The minimum absolute atomic E-state index is 0.0188. The SMILES string of the molecule is Cc1sc2c(c1C)C(c1ccc(Cl)cc1)=N[C@@H](CC(=O)NCCCCCCCCNC(=O)c1ccc3nc(N4CC5(CC(=O)N(C6CCC(=O)NC6=O)C5=O)C4)sc3c1)c1nnc(C)n1-2. The molecular formula is C46H49ClN10O6S2. The van der Waals surface area contributed by atoms with Gasteiger partial charge in [-0.3, -0.25) is 48.5 Å². The zero-order chi connectivity index (χ0) is 45.6. The molecule has 0 radical (unpaired) electrons. The molecule has 3 N–H and O–H groups in total. The molecule has 3 fully saturated rings. The van der Waals surface area contributed by atoms with E-state index < -0.39 is 35.2 Å². The predicted octanol–water partition coefficient (Wildman–Crippen LogP) is 6.06. The Labute approximate surface area is 388 Å². The van der Waals surface area contributed by atoms with Crippen molar-refractivity contribution in [2.75, 3.05) is 31.1 Å². The van der Waals surface area contributed by atoms with Crippen molar-refractivity contribution >= 4 is 90.8 Å². The van der Waals surface area contributed by atoms with Gasteiger partial charge >= 0.3 is 0 Å². The summed E-state index contributed by atoms with van der Waals surface area (Å²) in [5, 5.41) is 19.6. The van der Waals surface area contributed by atoms with Gasteiger partial charge in [0.15, 0.2) is 11.0 Å². The summed E-state index contributed by atoms with van der Waals surface area (Å²) in [5.41, 5.74) is 4.29. The lowest BCUT2D eigenvalue weighted by atomic mass is 9.78. The first-order chi connectivity index (χ1) is 31.3. The van der Waals surface area contributed by atoms with Crippen LogP contribution in [0.3, 0.4) is 0 Å². The molecule has 1 spiro atoms. The van der Waals surface area contributed by atoms with E-state index in [0.717, 1.165) is 86.9 Å². The number of hydrogen-bond donors (Lipinski definition) is 3. The molecular weight excluding hydrogens is 888 g/mol. The van der Waals surface area contributed by atoms with Crippen LogP contribution in [0.15, 0.2) is 47.5 Å². The average molecular weight is 938 g/mol. The Morgan fingerprint density at radius 3 is 2.37 bits per heavy atom. The normalized spacial score (nSPS) is 18.9. The maximum atomic E-state index is 13.4. The molecule has 0 saturated carbocycles. The van der Waals surface area contributed by atoms with Crippen LogP contribution in [0.2, 0.25) is 5.02 Å². The number of halogens is 1. The molecule has 4 aliphatic rings. The van der Waals surface area contributed by atoms with Gasteiger partial charge in [-0.05, 0) is 75.9 Å². The lowest BCUT2D eigenvalue weighted by molar-refractivity contribution is -0.152. The topological polar surface area (TPSA) is 201 Å². The van der Waals surface area contributed by atoms with Crippen molar-refractivity contribution in [3.8, 4) is 5.00 Å². The molecule has 0 aliphatic carbocycles. The fraction of sp³-hybridized carbons (Fsp3) is 0.435. The second-order valence-electron chi connectivity index (χ2n) is 17.4. The molecule has 6 amide bonds. The number of hydrogen-bond acceptors (Lipinski definition) is 13. The molecule has 2 aromatic carbocycles. The van der Waals surface area contributed by atoms with Crippen LogP contribution in [0, 0.1) is 26.2 Å². The number of aliphatic imine (C=N–C) groups is 1. The number of aryl methyl sites for hydroxylation is 2. The van der Waals surface area contributed by atoms with Crippen molar-refractivity contribution in [2.24, 2.45) is 10.4 Å². The Hall–Kier alpha value is -5.85. The van der Waals surface area contributed by atoms with Gasteiger partial charge in [0, 0.05) is 65.6 Å². The van der Waals surface area contributed by atoms with Crippen LogP contribution in [0.5, 0.6) is 0 Å². The highest BCUT2D eigenvalue weighted by Gasteiger charge is 2.61. The van der Waals surface area contributed by atoms with Crippen LogP contribution in [0.1, 0.15) is 114 Å². The second-order valence-corrected chi connectivity index (χ2v) is 20.0. The first-order valence-corrected chi connectivity index (χ1v) is 24.1. The highest BCUT2D eigenvalue weighted by molar-refractivity contribution is 7.22. The zero-order valence-corrected chi connectivity index (χ0v) is 38.8. The number of anilines is 1. The number of nitrogens with zero attached hydrogens (tertiary/aromatic N) is 7. The smallest absolute Gasteiger partial charge is 0.251 e. The van der Waals surface area contributed by atoms with Gasteiger partial charge in [-0.1, -0.05) is 60.8 Å². The van der Waals surface area contributed by atoms with Gasteiger partial charge in [-0.2, -0.15) is 0 Å². The van der Waals surface area contributed by atoms with Gasteiger partial charge < -0.3 is 15.5 Å². The van der Waals surface area contributed by atoms with Crippen LogP contribution in [-0.2, 0) is 24.0 Å². The second kappa shape index (κ2) is 18.2. The fourth-order valence-corrected chi connectivity index (χ4v) is 11.5. The van der Waals surface area contributed by atoms with Gasteiger partial charge in [0.2, 0.25) is 29.5 Å². The number of thiazole rings is 1. The number of amides is 6. The van der Waals surface area contributed by atoms with Gasteiger partial charge in [0.25, 0.3) is 5.91 Å². The Morgan fingerprint density at radius 1 is 0.908 bits per heavy atom. The number of piperidine rings is 1. The van der Waals surface area contributed by atoms with E-state index in [2.05, 4.69) is 40.0 Å². The lowest BCUT2D eigenvalue weighted by Gasteiger charge is -2.46. The summed E-state index contributed by atoms with van der Waals surface area (Å²) >= 11 is 9.34. The van der Waals surface area contributed by atoms with Crippen LogP contribution in [-0.4, -0.2) is 98.0 Å². The van der Waals surface area contributed by atoms with Crippen molar-refractivity contribution in [2.45, 2.75) is 97.1 Å². The highest BCUT2D eigenvalue weighted by Crippen LogP contribution is 2.46. The molecule has 65 heavy (non-hydrogen) atoms. The molecule has 2 atom stereocenters. The van der Waals surface area contributed by atoms with E-state index in [0.29, 0.717) is 47.7 Å². The molecule has 16 nitrogen and oxygen atoms in total. The number of imide groups is 2.